The van der Waals surface area contributed by atoms with Crippen molar-refractivity contribution in [3.8, 4) is 0 Å². The van der Waals surface area contributed by atoms with Gasteiger partial charge in [0.05, 0.1) is 4.90 Å². The van der Waals surface area contributed by atoms with Gasteiger partial charge < -0.3 is 0 Å². The van der Waals surface area contributed by atoms with Crippen molar-refractivity contribution in [2.45, 2.75) is 44.0 Å². The minimum absolute atomic E-state index is 0.0194. The molecular formula is C13H20ClNO2S. The number of benzene rings is 1. The van der Waals surface area contributed by atoms with Gasteiger partial charge in [0.15, 0.2) is 0 Å². The van der Waals surface area contributed by atoms with E-state index < -0.39 is 10.0 Å². The average molecular weight is 290 g/mol. The number of halogens is 1. The van der Waals surface area contributed by atoms with Crippen LogP contribution in [0.3, 0.4) is 0 Å². The molecule has 0 aliphatic heterocycles. The van der Waals surface area contributed by atoms with Crippen molar-refractivity contribution in [3.05, 3.63) is 29.3 Å². The summed E-state index contributed by atoms with van der Waals surface area (Å²) >= 11 is 5.76. The fraction of sp³-hybridized carbons (Fsp3) is 0.538. The monoisotopic (exact) mass is 289 g/mol. The zero-order valence-electron chi connectivity index (χ0n) is 11.3. The van der Waals surface area contributed by atoms with Gasteiger partial charge in [-0.05, 0) is 37.5 Å². The molecule has 0 spiro atoms. The SMILES string of the molecule is CCC(C)N(C)S(=O)(=O)c1cc(CCl)ccc1C. The van der Waals surface area contributed by atoms with Crippen LogP contribution in [0, 0.1) is 6.92 Å². The first-order valence-electron chi connectivity index (χ1n) is 5.98. The Labute approximate surface area is 115 Å². The molecule has 1 rings (SSSR count). The fourth-order valence-corrected chi connectivity index (χ4v) is 3.53. The van der Waals surface area contributed by atoms with Crippen molar-refractivity contribution in [3.63, 3.8) is 0 Å². The van der Waals surface area contributed by atoms with Gasteiger partial charge in [0.1, 0.15) is 0 Å². The topological polar surface area (TPSA) is 37.4 Å². The normalized spacial score (nSPS) is 13.9. The smallest absolute Gasteiger partial charge is 0.207 e. The third-order valence-corrected chi connectivity index (χ3v) is 5.70. The van der Waals surface area contributed by atoms with E-state index in [4.69, 9.17) is 11.6 Å². The van der Waals surface area contributed by atoms with Gasteiger partial charge >= 0.3 is 0 Å². The summed E-state index contributed by atoms with van der Waals surface area (Å²) in [6, 6.07) is 5.30. The van der Waals surface area contributed by atoms with E-state index in [1.807, 2.05) is 19.9 Å². The third kappa shape index (κ3) is 3.05. The number of sulfonamides is 1. The van der Waals surface area contributed by atoms with Crippen molar-refractivity contribution >= 4 is 21.6 Å². The number of alkyl halides is 1. The van der Waals surface area contributed by atoms with Gasteiger partial charge in [-0.1, -0.05) is 19.1 Å². The second-order valence-electron chi connectivity index (χ2n) is 4.51. The van der Waals surface area contributed by atoms with Crippen LogP contribution in [0.2, 0.25) is 0 Å². The molecule has 1 unspecified atom stereocenters. The quantitative estimate of drug-likeness (QED) is 0.781. The summed E-state index contributed by atoms with van der Waals surface area (Å²) in [7, 11) is -1.82. The Hall–Kier alpha value is -0.580. The molecule has 0 saturated carbocycles. The zero-order chi connectivity index (χ0) is 13.9. The third-order valence-electron chi connectivity index (χ3n) is 3.28. The molecule has 0 heterocycles. The Morgan fingerprint density at radius 2 is 2.00 bits per heavy atom. The van der Waals surface area contributed by atoms with Crippen LogP contribution < -0.4 is 0 Å². The lowest BCUT2D eigenvalue weighted by atomic mass is 10.2. The molecule has 0 aliphatic rings. The van der Waals surface area contributed by atoms with E-state index >= 15 is 0 Å². The van der Waals surface area contributed by atoms with Crippen LogP contribution in [-0.2, 0) is 15.9 Å². The highest BCUT2D eigenvalue weighted by Crippen LogP contribution is 2.23. The van der Waals surface area contributed by atoms with Crippen LogP contribution in [0.15, 0.2) is 23.1 Å². The number of rotatable bonds is 5. The highest BCUT2D eigenvalue weighted by Gasteiger charge is 2.26. The first kappa shape index (κ1) is 15.5. The van der Waals surface area contributed by atoms with Crippen LogP contribution in [0.1, 0.15) is 31.4 Å². The summed E-state index contributed by atoms with van der Waals surface area (Å²) < 4.78 is 26.4. The lowest BCUT2D eigenvalue weighted by molar-refractivity contribution is 0.380. The van der Waals surface area contributed by atoms with Crippen LogP contribution >= 0.6 is 11.6 Å². The maximum atomic E-state index is 12.5. The van der Waals surface area contributed by atoms with Crippen molar-refractivity contribution in [2.24, 2.45) is 0 Å². The zero-order valence-corrected chi connectivity index (χ0v) is 12.8. The molecule has 3 nitrogen and oxygen atoms in total. The van der Waals surface area contributed by atoms with E-state index in [0.29, 0.717) is 10.8 Å². The molecule has 5 heteroatoms. The molecule has 0 saturated heterocycles. The van der Waals surface area contributed by atoms with E-state index in [1.165, 1.54) is 4.31 Å². The van der Waals surface area contributed by atoms with Crippen LogP contribution in [0.4, 0.5) is 0 Å². The predicted molar refractivity (Wildman–Crippen MR) is 75.4 cm³/mol. The number of aryl methyl sites for hydroxylation is 1. The summed E-state index contributed by atoms with van der Waals surface area (Å²) in [5.41, 5.74) is 1.57. The van der Waals surface area contributed by atoms with Gasteiger partial charge in [-0.25, -0.2) is 8.42 Å². The second-order valence-corrected chi connectivity index (χ2v) is 6.75. The standard InChI is InChI=1S/C13H20ClNO2S/c1-5-11(3)15(4)18(16,17)13-8-12(9-14)7-6-10(13)2/h6-8,11H,5,9H2,1-4H3. The minimum atomic E-state index is -3.44. The van der Waals surface area contributed by atoms with Crippen molar-refractivity contribution in [2.75, 3.05) is 7.05 Å². The molecule has 1 aromatic carbocycles. The lowest BCUT2D eigenvalue weighted by Gasteiger charge is -2.24. The fourth-order valence-electron chi connectivity index (χ4n) is 1.65. The molecule has 0 N–H and O–H groups in total. The van der Waals surface area contributed by atoms with E-state index in [-0.39, 0.29) is 6.04 Å². The van der Waals surface area contributed by atoms with Gasteiger partial charge in [0.25, 0.3) is 0 Å². The molecule has 1 aromatic rings. The Morgan fingerprint density at radius 1 is 1.39 bits per heavy atom. The van der Waals surface area contributed by atoms with E-state index in [2.05, 4.69) is 0 Å². The summed E-state index contributed by atoms with van der Waals surface area (Å²) in [5.74, 6) is 0.315. The molecule has 0 aliphatic carbocycles. The van der Waals surface area contributed by atoms with Gasteiger partial charge in [-0.2, -0.15) is 4.31 Å². The molecular weight excluding hydrogens is 270 g/mol. The van der Waals surface area contributed by atoms with Gasteiger partial charge in [0, 0.05) is 19.0 Å². The van der Waals surface area contributed by atoms with E-state index in [9.17, 15) is 8.42 Å². The molecule has 0 radical (unpaired) electrons. The molecule has 1 atom stereocenters. The Kier molecular flexibility index (Phi) is 5.20. The first-order chi connectivity index (χ1) is 8.34. The van der Waals surface area contributed by atoms with Crippen molar-refractivity contribution in [1.29, 1.82) is 0 Å². The molecule has 0 amide bonds. The maximum absolute atomic E-state index is 12.5. The molecule has 0 aromatic heterocycles. The molecule has 0 fully saturated rings. The molecule has 102 valence electrons. The highest BCUT2D eigenvalue weighted by molar-refractivity contribution is 7.89. The Morgan fingerprint density at radius 3 is 2.50 bits per heavy atom. The largest absolute Gasteiger partial charge is 0.243 e. The van der Waals surface area contributed by atoms with Crippen LogP contribution in [0.25, 0.3) is 0 Å². The summed E-state index contributed by atoms with van der Waals surface area (Å²) in [6.07, 6.45) is 0.782. The average Bonchev–Trinajstić information content (AvgIpc) is 2.37. The van der Waals surface area contributed by atoms with Gasteiger partial charge in [-0.15, -0.1) is 11.6 Å². The van der Waals surface area contributed by atoms with Gasteiger partial charge in [0.2, 0.25) is 10.0 Å². The van der Waals surface area contributed by atoms with E-state index in [0.717, 1.165) is 17.5 Å². The minimum Gasteiger partial charge on any atom is -0.207 e. The summed E-state index contributed by atoms with van der Waals surface area (Å²) in [6.45, 7) is 5.67. The maximum Gasteiger partial charge on any atom is 0.243 e. The molecule has 18 heavy (non-hydrogen) atoms. The Balaban J connectivity index is 3.27. The van der Waals surface area contributed by atoms with E-state index in [1.54, 1.807) is 26.1 Å². The number of nitrogens with zero attached hydrogens (tertiary/aromatic N) is 1. The molecule has 0 bridgehead atoms. The lowest BCUT2D eigenvalue weighted by Crippen LogP contribution is -2.35. The van der Waals surface area contributed by atoms with Crippen LogP contribution in [-0.4, -0.2) is 25.8 Å². The van der Waals surface area contributed by atoms with Gasteiger partial charge in [-0.3, -0.25) is 0 Å². The Bertz CT molecular complexity index is 514. The summed E-state index contributed by atoms with van der Waals surface area (Å²) in [5, 5.41) is 0. The first-order valence-corrected chi connectivity index (χ1v) is 7.95. The van der Waals surface area contributed by atoms with Crippen LogP contribution in [0.5, 0.6) is 0 Å². The number of hydrogen-bond acceptors (Lipinski definition) is 2. The predicted octanol–water partition coefficient (Wildman–Crippen LogP) is 3.15. The highest BCUT2D eigenvalue weighted by atomic mass is 35.5. The second kappa shape index (κ2) is 6.04. The summed E-state index contributed by atoms with van der Waals surface area (Å²) in [4.78, 5) is 0.350. The van der Waals surface area contributed by atoms with Crippen molar-refractivity contribution < 1.29 is 8.42 Å². The van der Waals surface area contributed by atoms with Crippen molar-refractivity contribution in [1.82, 2.24) is 4.31 Å². The number of hydrogen-bond donors (Lipinski definition) is 0.